The molecule has 126 valence electrons. The van der Waals surface area contributed by atoms with Crippen LogP contribution < -0.4 is 5.73 Å². The first kappa shape index (κ1) is 14.8. The van der Waals surface area contributed by atoms with Gasteiger partial charge in [-0.1, -0.05) is 24.3 Å². The third-order valence-corrected chi connectivity index (χ3v) is 6.40. The molecule has 3 atom stereocenters. The van der Waals surface area contributed by atoms with Crippen molar-refractivity contribution in [1.29, 1.82) is 0 Å². The van der Waals surface area contributed by atoms with Gasteiger partial charge in [-0.2, -0.15) is 0 Å². The second-order valence-corrected chi connectivity index (χ2v) is 7.64. The Labute approximate surface area is 148 Å². The average molecular weight is 352 g/mol. The first-order valence-corrected chi connectivity index (χ1v) is 9.05. The summed E-state index contributed by atoms with van der Waals surface area (Å²) in [6.07, 6.45) is 4.60. The second kappa shape index (κ2) is 5.24. The van der Waals surface area contributed by atoms with Crippen LogP contribution in [0.15, 0.2) is 36.8 Å². The van der Waals surface area contributed by atoms with Crippen molar-refractivity contribution in [2.45, 2.75) is 25.0 Å². The number of carbonyl (C=O) groups is 1. The number of hydrogen-bond donors (Lipinski definition) is 2. The number of rotatable bonds is 2. The van der Waals surface area contributed by atoms with E-state index in [2.05, 4.69) is 26.7 Å². The first-order chi connectivity index (χ1) is 12.1. The molecular weight excluding hydrogens is 336 g/mol. The molecule has 0 bridgehead atoms. The summed E-state index contributed by atoms with van der Waals surface area (Å²) in [5.41, 5.74) is 9.42. The van der Waals surface area contributed by atoms with Crippen LogP contribution in [-0.2, 0) is 6.42 Å². The molecule has 1 amide bonds. The third kappa shape index (κ3) is 2.03. The van der Waals surface area contributed by atoms with Crippen LogP contribution in [0.4, 0.5) is 0 Å². The van der Waals surface area contributed by atoms with Crippen molar-refractivity contribution in [3.8, 4) is 11.3 Å². The number of benzene rings is 1. The predicted molar refractivity (Wildman–Crippen MR) is 93.2 cm³/mol. The SMILES string of the molecule is NC(=O)c1nc2c(s1)CCC(C1c3ccccc3-c3cncn31)C2O. The van der Waals surface area contributed by atoms with Crippen molar-refractivity contribution in [2.24, 2.45) is 11.7 Å². The topological polar surface area (TPSA) is 94.0 Å². The number of aryl methyl sites for hydroxylation is 1. The number of aliphatic hydroxyl groups excluding tert-OH is 1. The van der Waals surface area contributed by atoms with Crippen molar-refractivity contribution in [1.82, 2.24) is 14.5 Å². The number of amides is 1. The quantitative estimate of drug-likeness (QED) is 0.740. The molecule has 3 N–H and O–H groups in total. The molecule has 3 unspecified atom stereocenters. The number of nitrogens with two attached hydrogens (primary N) is 1. The van der Waals surface area contributed by atoms with E-state index in [1.807, 2.05) is 24.7 Å². The van der Waals surface area contributed by atoms with Crippen LogP contribution >= 0.6 is 11.3 Å². The van der Waals surface area contributed by atoms with Crippen molar-refractivity contribution in [3.63, 3.8) is 0 Å². The standard InChI is InChI=1S/C18H16N4O2S/c19-17(24)18-21-14-13(25-18)6-5-11(16(14)23)15-10-4-2-1-3-9(10)12-7-20-8-22(12)15/h1-4,7-8,11,15-16,23H,5-6H2,(H2,19,24). The first-order valence-electron chi connectivity index (χ1n) is 8.23. The third-order valence-electron chi connectivity index (χ3n) is 5.26. The zero-order valence-electron chi connectivity index (χ0n) is 13.3. The number of nitrogens with zero attached hydrogens (tertiary/aromatic N) is 3. The number of aliphatic hydroxyl groups is 1. The van der Waals surface area contributed by atoms with Gasteiger partial charge in [0.15, 0.2) is 5.01 Å². The number of primary amides is 1. The Morgan fingerprint density at radius 2 is 2.20 bits per heavy atom. The summed E-state index contributed by atoms with van der Waals surface area (Å²) in [4.78, 5) is 21.0. The van der Waals surface area contributed by atoms with E-state index >= 15 is 0 Å². The van der Waals surface area contributed by atoms with E-state index in [9.17, 15) is 9.90 Å². The summed E-state index contributed by atoms with van der Waals surface area (Å²) >= 11 is 1.30. The number of carbonyl (C=O) groups excluding carboxylic acids is 1. The van der Waals surface area contributed by atoms with E-state index in [4.69, 9.17) is 5.73 Å². The molecule has 0 fully saturated rings. The summed E-state index contributed by atoms with van der Waals surface area (Å²) in [6.45, 7) is 0. The Hall–Kier alpha value is -2.51. The number of fused-ring (bicyclic) bond motifs is 4. The molecule has 0 radical (unpaired) electrons. The Morgan fingerprint density at radius 3 is 3.04 bits per heavy atom. The van der Waals surface area contributed by atoms with Crippen molar-refractivity contribution < 1.29 is 9.90 Å². The van der Waals surface area contributed by atoms with Gasteiger partial charge in [-0.05, 0) is 18.4 Å². The smallest absolute Gasteiger partial charge is 0.277 e. The molecule has 25 heavy (non-hydrogen) atoms. The average Bonchev–Trinajstić information content (AvgIpc) is 3.29. The molecule has 2 aromatic heterocycles. The zero-order chi connectivity index (χ0) is 17.1. The molecule has 3 heterocycles. The van der Waals surface area contributed by atoms with E-state index in [1.165, 1.54) is 22.5 Å². The van der Waals surface area contributed by atoms with E-state index < -0.39 is 12.0 Å². The molecule has 3 aromatic rings. The maximum atomic E-state index is 11.4. The molecule has 0 spiro atoms. The number of imidazole rings is 1. The monoisotopic (exact) mass is 352 g/mol. The fourth-order valence-corrected chi connectivity index (χ4v) is 5.15. The van der Waals surface area contributed by atoms with Crippen LogP contribution in [0.5, 0.6) is 0 Å². The summed E-state index contributed by atoms with van der Waals surface area (Å²) in [6, 6.07) is 8.28. The van der Waals surface area contributed by atoms with Crippen LogP contribution in [0.25, 0.3) is 11.3 Å². The Bertz CT molecular complexity index is 993. The lowest BCUT2D eigenvalue weighted by Gasteiger charge is -2.33. The molecule has 0 saturated heterocycles. The molecule has 5 rings (SSSR count). The van der Waals surface area contributed by atoms with Crippen LogP contribution in [0.1, 0.15) is 44.5 Å². The highest BCUT2D eigenvalue weighted by atomic mass is 32.1. The normalized spacial score (nSPS) is 23.8. The van der Waals surface area contributed by atoms with Gasteiger partial charge in [-0.15, -0.1) is 11.3 Å². The summed E-state index contributed by atoms with van der Waals surface area (Å²) < 4.78 is 2.14. The molecule has 1 aliphatic heterocycles. The van der Waals surface area contributed by atoms with Crippen LogP contribution in [-0.4, -0.2) is 25.5 Å². The van der Waals surface area contributed by atoms with E-state index in [-0.39, 0.29) is 17.0 Å². The lowest BCUT2D eigenvalue weighted by molar-refractivity contribution is 0.0690. The molecule has 7 heteroatoms. The van der Waals surface area contributed by atoms with Gasteiger partial charge in [0.25, 0.3) is 5.91 Å². The Balaban J connectivity index is 1.59. The largest absolute Gasteiger partial charge is 0.386 e. The summed E-state index contributed by atoms with van der Waals surface area (Å²) in [5.74, 6) is -0.557. The maximum absolute atomic E-state index is 11.4. The van der Waals surface area contributed by atoms with E-state index in [1.54, 1.807) is 0 Å². The van der Waals surface area contributed by atoms with E-state index in [0.29, 0.717) is 5.69 Å². The molecule has 1 aliphatic carbocycles. The van der Waals surface area contributed by atoms with Crippen molar-refractivity contribution >= 4 is 17.2 Å². The minimum absolute atomic E-state index is 0.0214. The van der Waals surface area contributed by atoms with Gasteiger partial charge in [0.05, 0.1) is 30.0 Å². The maximum Gasteiger partial charge on any atom is 0.277 e. The van der Waals surface area contributed by atoms with Gasteiger partial charge in [-0.25, -0.2) is 9.97 Å². The highest BCUT2D eigenvalue weighted by Gasteiger charge is 2.42. The van der Waals surface area contributed by atoms with Gasteiger partial charge in [0, 0.05) is 16.4 Å². The van der Waals surface area contributed by atoms with Crippen LogP contribution in [0, 0.1) is 5.92 Å². The summed E-state index contributed by atoms with van der Waals surface area (Å²) in [7, 11) is 0. The van der Waals surface area contributed by atoms with Crippen LogP contribution in [0.2, 0.25) is 0 Å². The lowest BCUT2D eigenvalue weighted by atomic mass is 9.80. The number of aromatic nitrogens is 3. The van der Waals surface area contributed by atoms with Gasteiger partial charge in [-0.3, -0.25) is 4.79 Å². The van der Waals surface area contributed by atoms with Gasteiger partial charge < -0.3 is 15.4 Å². The Kier molecular flexibility index (Phi) is 3.10. The van der Waals surface area contributed by atoms with Gasteiger partial charge in [0.1, 0.15) is 6.10 Å². The summed E-state index contributed by atoms with van der Waals surface area (Å²) in [5, 5.41) is 11.3. The van der Waals surface area contributed by atoms with Crippen molar-refractivity contribution in [2.75, 3.05) is 0 Å². The minimum atomic E-state index is -0.723. The van der Waals surface area contributed by atoms with E-state index in [0.717, 1.165) is 23.4 Å². The second-order valence-electron chi connectivity index (χ2n) is 6.56. The molecule has 2 aliphatic rings. The van der Waals surface area contributed by atoms with Crippen LogP contribution in [0.3, 0.4) is 0 Å². The van der Waals surface area contributed by atoms with Gasteiger partial charge >= 0.3 is 0 Å². The number of hydrogen-bond acceptors (Lipinski definition) is 5. The van der Waals surface area contributed by atoms with Crippen molar-refractivity contribution in [3.05, 3.63) is 57.9 Å². The number of thiazole rings is 1. The zero-order valence-corrected chi connectivity index (χ0v) is 14.1. The predicted octanol–water partition coefficient (Wildman–Crippen LogP) is 2.30. The highest BCUT2D eigenvalue weighted by Crippen LogP contribution is 2.50. The van der Waals surface area contributed by atoms with Gasteiger partial charge in [0.2, 0.25) is 0 Å². The minimum Gasteiger partial charge on any atom is -0.386 e. The lowest BCUT2D eigenvalue weighted by Crippen LogP contribution is -2.28. The fraction of sp³-hybridized carbons (Fsp3) is 0.278. The fourth-order valence-electron chi connectivity index (χ4n) is 4.18. The molecule has 6 nitrogen and oxygen atoms in total. The molecule has 1 aromatic carbocycles. The molecular formula is C18H16N4O2S. The Morgan fingerprint density at radius 1 is 1.36 bits per heavy atom. The highest BCUT2D eigenvalue weighted by molar-refractivity contribution is 7.13. The molecule has 0 saturated carbocycles.